The van der Waals surface area contributed by atoms with E-state index in [0.717, 1.165) is 5.56 Å². The number of amides is 1. The Kier molecular flexibility index (Phi) is 9.59. The molecule has 1 aromatic carbocycles. The summed E-state index contributed by atoms with van der Waals surface area (Å²) in [6.07, 6.45) is 0.614. The number of likely N-dealkylation sites (N-methyl/N-ethyl adjacent to an activating group) is 1. The third-order valence-corrected chi connectivity index (χ3v) is 3.71. The first-order valence-electron chi connectivity index (χ1n) is 7.34. The molecule has 1 unspecified atom stereocenters. The maximum atomic E-state index is 12.5. The average molecular weight is 413 g/mol. The van der Waals surface area contributed by atoms with Gasteiger partial charge in [0.1, 0.15) is 0 Å². The molecule has 0 saturated heterocycles. The van der Waals surface area contributed by atoms with Gasteiger partial charge in [0.2, 0.25) is 0 Å². The molecule has 7 heteroatoms. The second kappa shape index (κ2) is 9.77. The van der Waals surface area contributed by atoms with Crippen LogP contribution in [0.2, 0.25) is 0 Å². The normalized spacial score (nSPS) is 12.1. The summed E-state index contributed by atoms with van der Waals surface area (Å²) in [6.45, 7) is 5.79. The fourth-order valence-corrected chi connectivity index (χ4v) is 2.57. The molecule has 1 aromatic rings. The zero-order chi connectivity index (χ0) is 16.9. The molecule has 0 aliphatic rings. The van der Waals surface area contributed by atoms with Gasteiger partial charge in [0, 0.05) is 39.1 Å². The van der Waals surface area contributed by atoms with Crippen LogP contribution < -0.4 is 5.32 Å². The summed E-state index contributed by atoms with van der Waals surface area (Å²) in [5.74, 6) is -0.635. The summed E-state index contributed by atoms with van der Waals surface area (Å²) in [5, 5.41) is 2.85. The van der Waals surface area contributed by atoms with Crippen LogP contribution in [0.25, 0.3) is 0 Å². The van der Waals surface area contributed by atoms with Crippen LogP contribution in [0.5, 0.6) is 0 Å². The molecular formula is C16H24N2O3SY. The zero-order valence-corrected chi connectivity index (χ0v) is 18.0. The number of nitrogens with zero attached hydrogens (tertiary/aromatic N) is 1. The minimum absolute atomic E-state index is 0. The van der Waals surface area contributed by atoms with E-state index in [-0.39, 0.29) is 55.2 Å². The van der Waals surface area contributed by atoms with E-state index in [1.54, 1.807) is 33.2 Å². The molecule has 0 aliphatic heterocycles. The summed E-state index contributed by atoms with van der Waals surface area (Å²) < 4.78 is 5.16. The minimum Gasteiger partial charge on any atom is -0.494 e. The molecule has 0 spiro atoms. The van der Waals surface area contributed by atoms with Gasteiger partial charge in [-0.05, 0) is 25.5 Å². The Morgan fingerprint density at radius 2 is 1.91 bits per heavy atom. The molecule has 0 aromatic heterocycles. The van der Waals surface area contributed by atoms with E-state index in [4.69, 9.17) is 17.6 Å². The number of esters is 1. The molecule has 5 nitrogen and oxygen atoms in total. The number of quaternary nitrogens is 1. The van der Waals surface area contributed by atoms with Gasteiger partial charge < -0.3 is 26.8 Å². The van der Waals surface area contributed by atoms with Crippen LogP contribution in [-0.2, 0) is 55.1 Å². The van der Waals surface area contributed by atoms with Crippen molar-refractivity contribution in [2.75, 3.05) is 26.0 Å². The van der Waals surface area contributed by atoms with Gasteiger partial charge in [0.05, 0.1) is 32.0 Å². The Labute approximate surface area is 169 Å². The number of anilines is 1. The number of nitrogens with one attached hydrogen (secondary N) is 1. The van der Waals surface area contributed by atoms with Crippen molar-refractivity contribution in [1.29, 1.82) is 0 Å². The van der Waals surface area contributed by atoms with Crippen LogP contribution in [0.4, 0.5) is 5.69 Å². The average Bonchev–Trinajstić information content (AvgIpc) is 2.40. The maximum Gasteiger partial charge on any atom is 0.340 e. The first kappa shape index (κ1) is 22.6. The van der Waals surface area contributed by atoms with E-state index in [1.165, 1.54) is 0 Å². The number of hydrogen-bond donors (Lipinski definition) is 1. The third-order valence-electron chi connectivity index (χ3n) is 3.46. The van der Waals surface area contributed by atoms with Gasteiger partial charge in [-0.15, -0.1) is 0 Å². The molecule has 0 fully saturated rings. The van der Waals surface area contributed by atoms with Crippen LogP contribution in [0.1, 0.15) is 36.2 Å². The van der Waals surface area contributed by atoms with Gasteiger partial charge in [0.25, 0.3) is 5.91 Å². The standard InChI is InChI=1S/C16H24N2O3S.Y/c1-6-13(18(4,5)22)15(19)17-14-11(3)9-8-10-12(14)16(20)21-7-2;/h8-10,13H,6-7H2,1-5H3,(H,17,19);. The van der Waals surface area contributed by atoms with Gasteiger partial charge in [-0.2, -0.15) is 0 Å². The fourth-order valence-electron chi connectivity index (χ4n) is 2.33. The Hall–Kier alpha value is -0.426. The SMILES string of the molecule is CCOC(=O)c1cccc(C)c1NC(=O)C(CC)[N+](C)(C)[S-].[Y]. The first-order valence-corrected chi connectivity index (χ1v) is 7.71. The van der Waals surface area contributed by atoms with Crippen molar-refractivity contribution in [2.24, 2.45) is 0 Å². The van der Waals surface area contributed by atoms with Crippen LogP contribution in [0.15, 0.2) is 18.2 Å². The Balaban J connectivity index is 0.00000484. The largest absolute Gasteiger partial charge is 0.494 e. The summed E-state index contributed by atoms with van der Waals surface area (Å²) >= 11 is 5.34. The van der Waals surface area contributed by atoms with E-state index >= 15 is 0 Å². The van der Waals surface area contributed by atoms with Crippen LogP contribution >= 0.6 is 0 Å². The summed E-state index contributed by atoms with van der Waals surface area (Å²) in [7, 11) is 3.60. The van der Waals surface area contributed by atoms with Crippen LogP contribution in [0.3, 0.4) is 0 Å². The topological polar surface area (TPSA) is 55.4 Å². The Morgan fingerprint density at radius 1 is 1.30 bits per heavy atom. The van der Waals surface area contributed by atoms with Gasteiger partial charge in [-0.25, -0.2) is 4.79 Å². The number of benzene rings is 1. The number of carbonyl (C=O) groups is 2. The molecule has 1 rings (SSSR count). The van der Waals surface area contributed by atoms with Crippen molar-refractivity contribution >= 4 is 30.4 Å². The Morgan fingerprint density at radius 3 is 2.39 bits per heavy atom. The Bertz CT molecular complexity index is 559. The number of hydrogen-bond acceptors (Lipinski definition) is 4. The van der Waals surface area contributed by atoms with Gasteiger partial charge in [-0.1, -0.05) is 19.1 Å². The van der Waals surface area contributed by atoms with Crippen molar-refractivity contribution in [2.45, 2.75) is 33.2 Å². The van der Waals surface area contributed by atoms with Crippen LogP contribution in [-0.4, -0.2) is 42.5 Å². The molecule has 0 saturated carbocycles. The molecular weight excluding hydrogens is 389 g/mol. The van der Waals surface area contributed by atoms with E-state index in [2.05, 4.69) is 5.32 Å². The number of ether oxygens (including phenoxy) is 1. The molecule has 1 amide bonds. The molecule has 125 valence electrons. The predicted molar refractivity (Wildman–Crippen MR) is 89.3 cm³/mol. The van der Waals surface area contributed by atoms with Crippen LogP contribution in [0, 0.1) is 6.92 Å². The summed E-state index contributed by atoms with van der Waals surface area (Å²) in [6, 6.07) is 4.88. The van der Waals surface area contributed by atoms with Gasteiger partial charge >= 0.3 is 5.97 Å². The molecule has 1 radical (unpaired) electrons. The molecule has 0 bridgehead atoms. The van der Waals surface area contributed by atoms with E-state index < -0.39 is 5.97 Å². The quantitative estimate of drug-likeness (QED) is 0.442. The zero-order valence-electron chi connectivity index (χ0n) is 14.4. The molecule has 23 heavy (non-hydrogen) atoms. The second-order valence-corrected chi connectivity index (χ2v) is 6.51. The van der Waals surface area contributed by atoms with E-state index in [1.807, 2.05) is 19.9 Å². The van der Waals surface area contributed by atoms with E-state index in [9.17, 15) is 9.59 Å². The number of para-hydroxylation sites is 1. The van der Waals surface area contributed by atoms with Gasteiger partial charge in [-0.3, -0.25) is 4.79 Å². The fraction of sp³-hybridized carbons (Fsp3) is 0.500. The molecule has 1 atom stereocenters. The number of carbonyl (C=O) groups excluding carboxylic acids is 2. The molecule has 0 aliphatic carbocycles. The predicted octanol–water partition coefficient (Wildman–Crippen LogP) is 2.42. The smallest absolute Gasteiger partial charge is 0.340 e. The number of rotatable bonds is 6. The minimum atomic E-state index is -0.443. The van der Waals surface area contributed by atoms with Crippen molar-refractivity contribution in [1.82, 2.24) is 0 Å². The van der Waals surface area contributed by atoms with Crippen molar-refractivity contribution in [3.05, 3.63) is 29.3 Å². The molecule has 0 heterocycles. The molecule has 1 N–H and O–H groups in total. The van der Waals surface area contributed by atoms with Crippen molar-refractivity contribution in [3.8, 4) is 0 Å². The number of aryl methyl sites for hydroxylation is 1. The third kappa shape index (κ3) is 6.18. The van der Waals surface area contributed by atoms with Crippen molar-refractivity contribution < 1.29 is 50.9 Å². The second-order valence-electron chi connectivity index (χ2n) is 5.57. The summed E-state index contributed by atoms with van der Waals surface area (Å²) in [5.41, 5.74) is 1.66. The first-order chi connectivity index (χ1) is 10.2. The monoisotopic (exact) mass is 413 g/mol. The van der Waals surface area contributed by atoms with Gasteiger partial charge in [0.15, 0.2) is 6.04 Å². The van der Waals surface area contributed by atoms with E-state index in [0.29, 0.717) is 17.7 Å². The maximum absolute atomic E-state index is 12.5. The summed E-state index contributed by atoms with van der Waals surface area (Å²) in [4.78, 5) is 24.6. The van der Waals surface area contributed by atoms with Crippen molar-refractivity contribution in [3.63, 3.8) is 0 Å².